The van der Waals surface area contributed by atoms with Gasteiger partial charge in [0.15, 0.2) is 3.95 Å². The first-order valence-corrected chi connectivity index (χ1v) is 9.45. The number of hydrogen-bond donors (Lipinski definition) is 2. The number of thiazole rings is 1. The van der Waals surface area contributed by atoms with Crippen molar-refractivity contribution >= 4 is 41.2 Å². The Kier molecular flexibility index (Phi) is 6.11. The summed E-state index contributed by atoms with van der Waals surface area (Å²) in [5.41, 5.74) is 1.03. The molecule has 0 spiro atoms. The molecule has 1 aromatic rings. The van der Waals surface area contributed by atoms with Crippen LogP contribution in [-0.2, 0) is 11.2 Å². The molecule has 1 aliphatic carbocycles. The van der Waals surface area contributed by atoms with Gasteiger partial charge < -0.3 is 10.3 Å². The molecule has 1 saturated carbocycles. The van der Waals surface area contributed by atoms with E-state index in [1.165, 1.54) is 24.2 Å². The molecule has 0 aliphatic heterocycles. The minimum atomic E-state index is 0.130. The van der Waals surface area contributed by atoms with E-state index in [-0.39, 0.29) is 5.91 Å². The van der Waals surface area contributed by atoms with Crippen LogP contribution in [0.2, 0.25) is 0 Å². The van der Waals surface area contributed by atoms with Crippen LogP contribution in [0.4, 0.5) is 0 Å². The Balaban J connectivity index is 1.85. The molecule has 6 heteroatoms. The molecule has 2 N–H and O–H groups in total. The number of aryl methyl sites for hydroxylation is 1. The highest BCUT2D eigenvalue weighted by Gasteiger charge is 2.23. The summed E-state index contributed by atoms with van der Waals surface area (Å²) < 4.78 is 0.752. The summed E-state index contributed by atoms with van der Waals surface area (Å²) in [4.78, 5) is 16.3. The number of aromatic nitrogens is 1. The number of carbonyl (C=O) groups is 1. The number of thioether (sulfide) groups is 1. The fraction of sp³-hybridized carbons (Fsp3) is 0.714. The van der Waals surface area contributed by atoms with Gasteiger partial charge in [0.05, 0.1) is 6.42 Å². The van der Waals surface area contributed by atoms with Crippen molar-refractivity contribution < 1.29 is 4.79 Å². The van der Waals surface area contributed by atoms with Gasteiger partial charge in [0.1, 0.15) is 0 Å². The summed E-state index contributed by atoms with van der Waals surface area (Å²) in [6.45, 7) is 4.18. The highest BCUT2D eigenvalue weighted by Crippen LogP contribution is 2.28. The molecule has 1 fully saturated rings. The summed E-state index contributed by atoms with van der Waals surface area (Å²) in [5, 5.41) is 3.92. The second kappa shape index (κ2) is 7.61. The molecule has 0 unspecified atom stereocenters. The highest BCUT2D eigenvalue weighted by molar-refractivity contribution is 7.99. The Morgan fingerprint density at radius 2 is 2.35 bits per heavy atom. The van der Waals surface area contributed by atoms with Gasteiger partial charge in [0.2, 0.25) is 5.91 Å². The summed E-state index contributed by atoms with van der Waals surface area (Å²) in [7, 11) is 0. The Morgan fingerprint density at radius 1 is 1.55 bits per heavy atom. The molecular formula is C14H22N2OS3. The first kappa shape index (κ1) is 16.0. The average molecular weight is 331 g/mol. The van der Waals surface area contributed by atoms with Gasteiger partial charge in [-0.15, -0.1) is 11.3 Å². The normalized spacial score (nSPS) is 22.7. The third-order valence-corrected chi connectivity index (χ3v) is 6.21. The zero-order valence-corrected chi connectivity index (χ0v) is 14.5. The van der Waals surface area contributed by atoms with Crippen molar-refractivity contribution in [1.82, 2.24) is 10.3 Å². The topological polar surface area (TPSA) is 44.9 Å². The molecule has 1 aliphatic rings. The lowest BCUT2D eigenvalue weighted by atomic mass is 9.95. The summed E-state index contributed by atoms with van der Waals surface area (Å²) in [6, 6.07) is 0.354. The largest absolute Gasteiger partial charge is 0.353 e. The number of aromatic amines is 1. The van der Waals surface area contributed by atoms with E-state index in [0.717, 1.165) is 38.4 Å². The highest BCUT2D eigenvalue weighted by atomic mass is 32.2. The number of nitrogens with one attached hydrogen (secondary N) is 2. The van der Waals surface area contributed by atoms with Crippen LogP contribution in [0.25, 0.3) is 0 Å². The predicted molar refractivity (Wildman–Crippen MR) is 90.3 cm³/mol. The monoisotopic (exact) mass is 330 g/mol. The van der Waals surface area contributed by atoms with Crippen molar-refractivity contribution in [2.75, 3.05) is 5.75 Å². The van der Waals surface area contributed by atoms with Crippen LogP contribution in [0, 0.1) is 10.9 Å². The van der Waals surface area contributed by atoms with Crippen molar-refractivity contribution in [2.24, 2.45) is 0 Å². The van der Waals surface area contributed by atoms with Crippen LogP contribution in [0.3, 0.4) is 0 Å². The van der Waals surface area contributed by atoms with Crippen LogP contribution in [0.15, 0.2) is 0 Å². The van der Waals surface area contributed by atoms with Gasteiger partial charge in [0, 0.05) is 21.9 Å². The molecule has 0 aromatic carbocycles. The van der Waals surface area contributed by atoms with Gasteiger partial charge >= 0.3 is 0 Å². The van der Waals surface area contributed by atoms with Gasteiger partial charge in [-0.2, -0.15) is 11.8 Å². The lowest BCUT2D eigenvalue weighted by Gasteiger charge is -2.29. The Bertz CT molecular complexity index is 507. The first-order chi connectivity index (χ1) is 9.58. The lowest BCUT2D eigenvalue weighted by molar-refractivity contribution is -0.121. The van der Waals surface area contributed by atoms with Crippen LogP contribution in [-0.4, -0.2) is 27.9 Å². The van der Waals surface area contributed by atoms with Gasteiger partial charge in [-0.3, -0.25) is 4.79 Å². The molecule has 1 amide bonds. The Morgan fingerprint density at radius 3 is 3.00 bits per heavy atom. The third kappa shape index (κ3) is 4.60. The number of carbonyl (C=O) groups excluding carboxylic acids is 1. The smallest absolute Gasteiger partial charge is 0.225 e. The summed E-state index contributed by atoms with van der Waals surface area (Å²) in [5.74, 6) is 1.29. The fourth-order valence-corrected chi connectivity index (χ4v) is 5.16. The molecule has 20 heavy (non-hydrogen) atoms. The van der Waals surface area contributed by atoms with Crippen LogP contribution in [0.5, 0.6) is 0 Å². The lowest BCUT2D eigenvalue weighted by Crippen LogP contribution is -2.39. The quantitative estimate of drug-likeness (QED) is 0.806. The maximum absolute atomic E-state index is 12.1. The molecule has 2 atom stereocenters. The molecule has 112 valence electrons. The second-order valence-corrected chi connectivity index (χ2v) is 8.60. The van der Waals surface area contributed by atoms with Gasteiger partial charge in [-0.05, 0) is 44.2 Å². The number of hydrogen-bond acceptors (Lipinski definition) is 4. The average Bonchev–Trinajstić information content (AvgIpc) is 2.68. The third-order valence-electron chi connectivity index (χ3n) is 3.64. The van der Waals surface area contributed by atoms with E-state index < -0.39 is 0 Å². The van der Waals surface area contributed by atoms with Crippen molar-refractivity contribution in [2.45, 2.75) is 57.2 Å². The minimum Gasteiger partial charge on any atom is -0.353 e. The molecular weight excluding hydrogens is 308 g/mol. The van der Waals surface area contributed by atoms with Crippen LogP contribution >= 0.6 is 35.3 Å². The van der Waals surface area contributed by atoms with E-state index in [4.69, 9.17) is 12.2 Å². The fourth-order valence-electron chi connectivity index (χ4n) is 2.69. The van der Waals surface area contributed by atoms with Crippen molar-refractivity contribution in [3.8, 4) is 0 Å². The number of amides is 1. The van der Waals surface area contributed by atoms with Gasteiger partial charge in [-0.1, -0.05) is 13.3 Å². The van der Waals surface area contributed by atoms with E-state index in [1.807, 2.05) is 18.7 Å². The zero-order chi connectivity index (χ0) is 14.5. The van der Waals surface area contributed by atoms with Crippen molar-refractivity contribution in [3.63, 3.8) is 0 Å². The summed E-state index contributed by atoms with van der Waals surface area (Å²) >= 11 is 8.64. The van der Waals surface area contributed by atoms with E-state index in [9.17, 15) is 4.79 Å². The second-order valence-electron chi connectivity index (χ2n) is 5.25. The zero-order valence-electron chi connectivity index (χ0n) is 12.0. The molecule has 1 aromatic heterocycles. The maximum atomic E-state index is 12.1. The maximum Gasteiger partial charge on any atom is 0.225 e. The van der Waals surface area contributed by atoms with Crippen LogP contribution < -0.4 is 5.32 Å². The molecule has 0 radical (unpaired) electrons. The van der Waals surface area contributed by atoms with E-state index in [0.29, 0.717) is 12.5 Å². The van der Waals surface area contributed by atoms with E-state index in [1.54, 1.807) is 0 Å². The van der Waals surface area contributed by atoms with Crippen molar-refractivity contribution in [3.05, 3.63) is 14.5 Å². The summed E-state index contributed by atoms with van der Waals surface area (Å²) in [6.07, 6.45) is 5.21. The van der Waals surface area contributed by atoms with Gasteiger partial charge in [0.25, 0.3) is 0 Å². The number of rotatable bonds is 5. The molecule has 2 rings (SSSR count). The number of H-pyrrole nitrogens is 1. The SMILES string of the molecule is CCS[C@H]1CCC[C@@H](NC(=O)Cc2sc(=S)[nH]c2C)C1. The molecule has 3 nitrogen and oxygen atoms in total. The first-order valence-electron chi connectivity index (χ1n) is 7.18. The minimum absolute atomic E-state index is 0.130. The Labute approximate surface area is 133 Å². The van der Waals surface area contributed by atoms with E-state index in [2.05, 4.69) is 17.2 Å². The van der Waals surface area contributed by atoms with Crippen LogP contribution in [0.1, 0.15) is 43.2 Å². The molecule has 1 heterocycles. The standard InChI is InChI=1S/C14H22N2OS3/c1-3-19-11-6-4-5-10(7-11)16-13(17)8-12-9(2)15-14(18)20-12/h10-11H,3-8H2,1-2H3,(H,15,18)(H,16,17)/t10-,11+/m1/s1. The molecule has 0 bridgehead atoms. The van der Waals surface area contributed by atoms with E-state index >= 15 is 0 Å². The van der Waals surface area contributed by atoms with Crippen molar-refractivity contribution in [1.29, 1.82) is 0 Å². The van der Waals surface area contributed by atoms with Gasteiger partial charge in [-0.25, -0.2) is 0 Å². The predicted octanol–water partition coefficient (Wildman–Crippen LogP) is 3.84. The Hall–Kier alpha value is -0.330. The molecule has 0 saturated heterocycles.